The van der Waals surface area contributed by atoms with Crippen molar-refractivity contribution in [2.45, 2.75) is 13.0 Å². The van der Waals surface area contributed by atoms with E-state index in [0.717, 1.165) is 69.4 Å². The maximum absolute atomic E-state index is 9.10. The minimum Gasteiger partial charge on any atom is -0.497 e. The summed E-state index contributed by atoms with van der Waals surface area (Å²) in [6.45, 7) is 6.78. The number of benzene rings is 1. The minimum atomic E-state index is -1.82. The highest BCUT2D eigenvalue weighted by Gasteiger charge is 2.09. The van der Waals surface area contributed by atoms with E-state index in [1.165, 1.54) is 0 Å². The second-order valence-corrected chi connectivity index (χ2v) is 5.77. The number of carbonyl (C=O) groups is 2. The highest BCUT2D eigenvalue weighted by atomic mass is 16.5. The van der Waals surface area contributed by atoms with Gasteiger partial charge in [-0.05, 0) is 37.7 Å². The number of nitrogens with zero attached hydrogens (tertiary/aromatic N) is 1. The van der Waals surface area contributed by atoms with Gasteiger partial charge in [-0.15, -0.1) is 0 Å². The summed E-state index contributed by atoms with van der Waals surface area (Å²) >= 11 is 0. The van der Waals surface area contributed by atoms with Crippen molar-refractivity contribution in [3.8, 4) is 11.5 Å². The maximum Gasteiger partial charge on any atom is 0.414 e. The van der Waals surface area contributed by atoms with E-state index >= 15 is 0 Å². The number of carboxylic acids is 2. The van der Waals surface area contributed by atoms with E-state index in [9.17, 15) is 0 Å². The number of aliphatic carboxylic acids is 2. The Hall–Kier alpha value is -2.36. The molecule has 0 saturated carbocycles. The average molecular weight is 384 g/mol. The first-order valence-corrected chi connectivity index (χ1v) is 8.65. The van der Waals surface area contributed by atoms with Crippen LogP contribution in [-0.2, 0) is 20.9 Å². The zero-order valence-electron chi connectivity index (χ0n) is 15.8. The molecule has 1 aromatic rings. The molecule has 0 unspecified atom stereocenters. The summed E-state index contributed by atoms with van der Waals surface area (Å²) in [6.07, 6.45) is 1.15. The Kier molecular flexibility index (Phi) is 10.8. The Bertz CT molecular complexity index is 577. The Morgan fingerprint density at radius 3 is 2.37 bits per heavy atom. The van der Waals surface area contributed by atoms with Crippen LogP contribution in [0.15, 0.2) is 18.2 Å². The van der Waals surface area contributed by atoms with Crippen molar-refractivity contribution in [3.63, 3.8) is 0 Å². The average Bonchev–Trinajstić information content (AvgIpc) is 2.68. The van der Waals surface area contributed by atoms with Gasteiger partial charge in [-0.2, -0.15) is 0 Å². The van der Waals surface area contributed by atoms with Crippen LogP contribution in [0.2, 0.25) is 0 Å². The third-order valence-corrected chi connectivity index (χ3v) is 3.92. The fraction of sp³-hybridized carbons (Fsp3) is 0.556. The summed E-state index contributed by atoms with van der Waals surface area (Å²) in [5, 5.41) is 18.3. The molecule has 0 aromatic heterocycles. The fourth-order valence-corrected chi connectivity index (χ4v) is 2.50. The summed E-state index contributed by atoms with van der Waals surface area (Å²) in [5.41, 5.74) is 1.13. The number of nitrogens with one attached hydrogen (secondary N) is 1. The third-order valence-electron chi connectivity index (χ3n) is 3.92. The Morgan fingerprint density at radius 1 is 1.15 bits per heavy atom. The molecule has 152 valence electrons. The van der Waals surface area contributed by atoms with Gasteiger partial charge in [0.25, 0.3) is 0 Å². The molecular formula is C18H28N2O7. The van der Waals surface area contributed by atoms with Gasteiger partial charge < -0.3 is 29.7 Å². The van der Waals surface area contributed by atoms with Crippen LogP contribution in [0, 0.1) is 0 Å². The molecule has 0 bridgehead atoms. The van der Waals surface area contributed by atoms with Crippen molar-refractivity contribution in [2.75, 3.05) is 53.6 Å². The lowest BCUT2D eigenvalue weighted by Crippen LogP contribution is -2.37. The number of ether oxygens (including phenoxy) is 3. The van der Waals surface area contributed by atoms with Crippen molar-refractivity contribution >= 4 is 11.9 Å². The van der Waals surface area contributed by atoms with Crippen LogP contribution in [0.25, 0.3) is 0 Å². The number of carboxylic acid groups (broad SMARTS) is 2. The third kappa shape index (κ3) is 9.23. The summed E-state index contributed by atoms with van der Waals surface area (Å²) in [4.78, 5) is 20.7. The van der Waals surface area contributed by atoms with Crippen molar-refractivity contribution in [1.82, 2.24) is 10.2 Å². The van der Waals surface area contributed by atoms with Gasteiger partial charge in [0.05, 0.1) is 27.4 Å². The number of hydrogen-bond donors (Lipinski definition) is 3. The van der Waals surface area contributed by atoms with Crippen LogP contribution >= 0.6 is 0 Å². The molecule has 27 heavy (non-hydrogen) atoms. The number of rotatable bonds is 8. The molecule has 1 aliphatic rings. The first-order valence-electron chi connectivity index (χ1n) is 8.65. The summed E-state index contributed by atoms with van der Waals surface area (Å²) in [5.74, 6) is -1.89. The number of methoxy groups -OCH3 is 2. The van der Waals surface area contributed by atoms with E-state index in [4.69, 9.17) is 34.0 Å². The van der Waals surface area contributed by atoms with E-state index in [0.29, 0.717) is 0 Å². The van der Waals surface area contributed by atoms with Crippen LogP contribution in [0.5, 0.6) is 11.5 Å². The highest BCUT2D eigenvalue weighted by Crippen LogP contribution is 2.23. The van der Waals surface area contributed by atoms with Crippen molar-refractivity contribution in [2.24, 2.45) is 0 Å². The zero-order chi connectivity index (χ0) is 20.1. The smallest absolute Gasteiger partial charge is 0.414 e. The quantitative estimate of drug-likeness (QED) is 0.439. The maximum atomic E-state index is 9.10. The normalized spacial score (nSPS) is 14.0. The van der Waals surface area contributed by atoms with E-state index in [1.54, 1.807) is 14.2 Å². The van der Waals surface area contributed by atoms with E-state index in [-0.39, 0.29) is 0 Å². The monoisotopic (exact) mass is 384 g/mol. The Morgan fingerprint density at radius 2 is 1.81 bits per heavy atom. The molecule has 1 heterocycles. The molecule has 1 aromatic carbocycles. The molecule has 2 rings (SSSR count). The van der Waals surface area contributed by atoms with Crippen molar-refractivity contribution in [1.29, 1.82) is 0 Å². The first-order chi connectivity index (χ1) is 13.0. The second-order valence-electron chi connectivity index (χ2n) is 5.77. The molecule has 0 amide bonds. The predicted molar refractivity (Wildman–Crippen MR) is 98.4 cm³/mol. The molecule has 1 saturated heterocycles. The van der Waals surface area contributed by atoms with Gasteiger partial charge in [0.2, 0.25) is 0 Å². The Balaban J connectivity index is 0.000000527. The van der Waals surface area contributed by atoms with Crippen LogP contribution in [0.4, 0.5) is 0 Å². The van der Waals surface area contributed by atoms with Gasteiger partial charge in [0.15, 0.2) is 0 Å². The van der Waals surface area contributed by atoms with Gasteiger partial charge in [0.1, 0.15) is 11.5 Å². The first kappa shape index (κ1) is 22.7. The predicted octanol–water partition coefficient (Wildman–Crippen LogP) is 0.671. The lowest BCUT2D eigenvalue weighted by atomic mass is 10.2. The van der Waals surface area contributed by atoms with E-state index in [2.05, 4.69) is 10.2 Å². The number of morpholine rings is 1. The van der Waals surface area contributed by atoms with Gasteiger partial charge in [-0.3, -0.25) is 4.90 Å². The molecular weight excluding hydrogens is 356 g/mol. The van der Waals surface area contributed by atoms with Crippen LogP contribution in [0.1, 0.15) is 12.0 Å². The van der Waals surface area contributed by atoms with Crippen LogP contribution in [0.3, 0.4) is 0 Å². The SMILES string of the molecule is COc1ccc(OC)c(CNCCCN2CCOCC2)c1.O=C(O)C(=O)O. The molecule has 9 heteroatoms. The molecule has 9 nitrogen and oxygen atoms in total. The molecule has 0 atom stereocenters. The van der Waals surface area contributed by atoms with Crippen molar-refractivity contribution in [3.05, 3.63) is 23.8 Å². The standard InChI is InChI=1S/C16H26N2O3.C2H2O4/c1-19-15-4-5-16(20-2)14(12-15)13-17-6-3-7-18-8-10-21-11-9-18;3-1(4)2(5)6/h4-5,12,17H,3,6-11,13H2,1-2H3;(H,3,4)(H,5,6). The zero-order valence-corrected chi connectivity index (χ0v) is 15.8. The summed E-state index contributed by atoms with van der Waals surface area (Å²) < 4.78 is 16.0. The summed E-state index contributed by atoms with van der Waals surface area (Å²) in [6, 6.07) is 5.89. The fourth-order valence-electron chi connectivity index (χ4n) is 2.50. The Labute approximate surface area is 158 Å². The highest BCUT2D eigenvalue weighted by molar-refractivity contribution is 6.27. The largest absolute Gasteiger partial charge is 0.497 e. The lowest BCUT2D eigenvalue weighted by molar-refractivity contribution is -0.159. The van der Waals surface area contributed by atoms with E-state index < -0.39 is 11.9 Å². The molecule has 1 aliphatic heterocycles. The molecule has 3 N–H and O–H groups in total. The molecule has 1 fully saturated rings. The van der Waals surface area contributed by atoms with Crippen LogP contribution < -0.4 is 14.8 Å². The molecule has 0 aliphatic carbocycles. The lowest BCUT2D eigenvalue weighted by Gasteiger charge is -2.26. The second kappa shape index (κ2) is 12.9. The van der Waals surface area contributed by atoms with Gasteiger partial charge in [-0.1, -0.05) is 0 Å². The van der Waals surface area contributed by atoms with Crippen molar-refractivity contribution < 1.29 is 34.0 Å². The van der Waals surface area contributed by atoms with Gasteiger partial charge >= 0.3 is 11.9 Å². The summed E-state index contributed by atoms with van der Waals surface area (Å²) in [7, 11) is 3.38. The van der Waals surface area contributed by atoms with Crippen LogP contribution in [-0.4, -0.2) is 80.7 Å². The molecule has 0 spiro atoms. The number of hydrogen-bond acceptors (Lipinski definition) is 7. The molecule has 0 radical (unpaired) electrons. The van der Waals surface area contributed by atoms with E-state index in [1.807, 2.05) is 18.2 Å². The minimum absolute atomic E-state index is 0.795. The topological polar surface area (TPSA) is 118 Å². The van der Waals surface area contributed by atoms with Gasteiger partial charge in [-0.25, -0.2) is 9.59 Å². The van der Waals surface area contributed by atoms with Gasteiger partial charge in [0, 0.05) is 25.2 Å².